The normalized spacial score (nSPS) is 11.6. The first kappa shape index (κ1) is 13.6. The third-order valence-corrected chi connectivity index (χ3v) is 3.01. The van der Waals surface area contributed by atoms with Crippen LogP contribution >= 0.6 is 0 Å². The SMILES string of the molecule is C#CC[C@@H](NC(=O)c1cccc2ccccc12)C(N)=O. The Morgan fingerprint density at radius 2 is 1.90 bits per heavy atom. The number of fused-ring (bicyclic) bond motifs is 1. The second kappa shape index (κ2) is 5.89. The number of terminal acetylenes is 1. The second-order valence-corrected chi connectivity index (χ2v) is 4.36. The molecule has 2 rings (SSSR count). The van der Waals surface area contributed by atoms with Gasteiger partial charge in [0.2, 0.25) is 5.91 Å². The Morgan fingerprint density at radius 3 is 2.60 bits per heavy atom. The van der Waals surface area contributed by atoms with E-state index in [0.29, 0.717) is 5.56 Å². The number of amides is 2. The molecule has 20 heavy (non-hydrogen) atoms. The molecule has 0 unspecified atom stereocenters. The third-order valence-electron chi connectivity index (χ3n) is 3.01. The average Bonchev–Trinajstić information content (AvgIpc) is 2.46. The standard InChI is InChI=1S/C16H14N2O2/c1-2-6-14(15(17)19)18-16(20)13-10-5-8-11-7-3-4-9-12(11)13/h1,3-5,7-10,14H,6H2,(H2,17,19)(H,18,20)/t14-/m1/s1. The Kier molecular flexibility index (Phi) is 4.02. The van der Waals surface area contributed by atoms with E-state index in [4.69, 9.17) is 12.2 Å². The van der Waals surface area contributed by atoms with E-state index in [0.717, 1.165) is 10.8 Å². The number of nitrogens with two attached hydrogens (primary N) is 1. The molecule has 0 spiro atoms. The lowest BCUT2D eigenvalue weighted by atomic mass is 10.0. The quantitative estimate of drug-likeness (QED) is 0.822. The molecule has 4 heteroatoms. The van der Waals surface area contributed by atoms with Crippen LogP contribution in [0, 0.1) is 12.3 Å². The van der Waals surface area contributed by atoms with Crippen LogP contribution in [0.1, 0.15) is 16.8 Å². The first-order valence-electron chi connectivity index (χ1n) is 6.15. The molecule has 0 aliphatic carbocycles. The van der Waals surface area contributed by atoms with Gasteiger partial charge < -0.3 is 11.1 Å². The van der Waals surface area contributed by atoms with Crippen LogP contribution in [0.3, 0.4) is 0 Å². The summed E-state index contributed by atoms with van der Waals surface area (Å²) in [5.41, 5.74) is 5.70. The van der Waals surface area contributed by atoms with Gasteiger partial charge in [-0.2, -0.15) is 0 Å². The number of primary amides is 1. The van der Waals surface area contributed by atoms with Gasteiger partial charge in [0.15, 0.2) is 0 Å². The van der Waals surface area contributed by atoms with Crippen molar-refractivity contribution in [1.82, 2.24) is 5.32 Å². The lowest BCUT2D eigenvalue weighted by molar-refractivity contribution is -0.119. The van der Waals surface area contributed by atoms with Crippen LogP contribution in [0.4, 0.5) is 0 Å². The van der Waals surface area contributed by atoms with Crippen molar-refractivity contribution >= 4 is 22.6 Å². The van der Waals surface area contributed by atoms with Gasteiger partial charge in [0.05, 0.1) is 0 Å². The summed E-state index contributed by atoms with van der Waals surface area (Å²) in [5.74, 6) is 1.33. The monoisotopic (exact) mass is 266 g/mol. The van der Waals surface area contributed by atoms with E-state index < -0.39 is 11.9 Å². The van der Waals surface area contributed by atoms with Crippen molar-refractivity contribution < 1.29 is 9.59 Å². The second-order valence-electron chi connectivity index (χ2n) is 4.36. The number of rotatable bonds is 4. The Bertz CT molecular complexity index is 696. The molecule has 0 aliphatic heterocycles. The molecule has 100 valence electrons. The molecule has 4 nitrogen and oxygen atoms in total. The zero-order valence-corrected chi connectivity index (χ0v) is 10.8. The summed E-state index contributed by atoms with van der Waals surface area (Å²) in [5, 5.41) is 4.34. The van der Waals surface area contributed by atoms with E-state index in [-0.39, 0.29) is 12.3 Å². The maximum absolute atomic E-state index is 12.3. The molecule has 0 radical (unpaired) electrons. The van der Waals surface area contributed by atoms with Crippen LogP contribution in [-0.2, 0) is 4.79 Å². The topological polar surface area (TPSA) is 72.2 Å². The molecule has 2 amide bonds. The number of hydrogen-bond donors (Lipinski definition) is 2. The molecule has 2 aromatic carbocycles. The first-order chi connectivity index (χ1) is 9.63. The van der Waals surface area contributed by atoms with Gasteiger partial charge in [-0.05, 0) is 16.8 Å². The Hall–Kier alpha value is -2.80. The van der Waals surface area contributed by atoms with Gasteiger partial charge in [-0.3, -0.25) is 9.59 Å². The van der Waals surface area contributed by atoms with Crippen LogP contribution < -0.4 is 11.1 Å². The maximum atomic E-state index is 12.3. The van der Waals surface area contributed by atoms with Gasteiger partial charge in [-0.25, -0.2) is 0 Å². The zero-order valence-electron chi connectivity index (χ0n) is 10.8. The van der Waals surface area contributed by atoms with E-state index in [1.807, 2.05) is 30.3 Å². The summed E-state index contributed by atoms with van der Waals surface area (Å²) >= 11 is 0. The summed E-state index contributed by atoms with van der Waals surface area (Å²) in [6.45, 7) is 0. The van der Waals surface area contributed by atoms with Crippen molar-refractivity contribution in [3.8, 4) is 12.3 Å². The molecule has 0 saturated carbocycles. The first-order valence-corrected chi connectivity index (χ1v) is 6.15. The number of carbonyl (C=O) groups is 2. The minimum absolute atomic E-state index is 0.0752. The van der Waals surface area contributed by atoms with Gasteiger partial charge in [0.25, 0.3) is 5.91 Å². The van der Waals surface area contributed by atoms with Crippen molar-refractivity contribution in [2.24, 2.45) is 5.73 Å². The molecular formula is C16H14N2O2. The van der Waals surface area contributed by atoms with E-state index in [1.54, 1.807) is 12.1 Å². The summed E-state index contributed by atoms with van der Waals surface area (Å²) in [7, 11) is 0. The molecule has 0 saturated heterocycles. The molecule has 0 fully saturated rings. The highest BCUT2D eigenvalue weighted by molar-refractivity contribution is 6.08. The summed E-state index contributed by atoms with van der Waals surface area (Å²) < 4.78 is 0. The molecule has 2 aromatic rings. The molecule has 0 aromatic heterocycles. The lowest BCUT2D eigenvalue weighted by Crippen LogP contribution is -2.44. The molecule has 0 bridgehead atoms. The number of carbonyl (C=O) groups excluding carboxylic acids is 2. The van der Waals surface area contributed by atoms with Crippen molar-refractivity contribution in [3.63, 3.8) is 0 Å². The smallest absolute Gasteiger partial charge is 0.252 e. The zero-order chi connectivity index (χ0) is 14.5. The van der Waals surface area contributed by atoms with Crippen LogP contribution in [-0.4, -0.2) is 17.9 Å². The number of hydrogen-bond acceptors (Lipinski definition) is 2. The van der Waals surface area contributed by atoms with Crippen molar-refractivity contribution in [2.45, 2.75) is 12.5 Å². The van der Waals surface area contributed by atoms with Crippen molar-refractivity contribution in [2.75, 3.05) is 0 Å². The number of nitrogens with one attached hydrogen (secondary N) is 1. The van der Waals surface area contributed by atoms with E-state index in [1.165, 1.54) is 0 Å². The summed E-state index contributed by atoms with van der Waals surface area (Å²) in [4.78, 5) is 23.5. The highest BCUT2D eigenvalue weighted by atomic mass is 16.2. The van der Waals surface area contributed by atoms with Crippen LogP contribution in [0.25, 0.3) is 10.8 Å². The Balaban J connectivity index is 2.32. The van der Waals surface area contributed by atoms with E-state index >= 15 is 0 Å². The summed E-state index contributed by atoms with van der Waals surface area (Å²) in [6, 6.07) is 12.1. The molecule has 0 heterocycles. The van der Waals surface area contributed by atoms with E-state index in [2.05, 4.69) is 11.2 Å². The van der Waals surface area contributed by atoms with Gasteiger partial charge >= 0.3 is 0 Å². The minimum Gasteiger partial charge on any atom is -0.368 e. The van der Waals surface area contributed by atoms with E-state index in [9.17, 15) is 9.59 Å². The van der Waals surface area contributed by atoms with Gasteiger partial charge in [0.1, 0.15) is 6.04 Å². The minimum atomic E-state index is -0.855. The fourth-order valence-corrected chi connectivity index (χ4v) is 2.00. The van der Waals surface area contributed by atoms with Crippen LogP contribution in [0.15, 0.2) is 42.5 Å². The molecule has 0 aliphatic rings. The Morgan fingerprint density at radius 1 is 1.20 bits per heavy atom. The summed E-state index contributed by atoms with van der Waals surface area (Å²) in [6.07, 6.45) is 5.24. The highest BCUT2D eigenvalue weighted by Crippen LogP contribution is 2.18. The fourth-order valence-electron chi connectivity index (χ4n) is 2.00. The average molecular weight is 266 g/mol. The maximum Gasteiger partial charge on any atom is 0.252 e. The van der Waals surface area contributed by atoms with Crippen LogP contribution in [0.2, 0.25) is 0 Å². The fraction of sp³-hybridized carbons (Fsp3) is 0.125. The van der Waals surface area contributed by atoms with Crippen molar-refractivity contribution in [3.05, 3.63) is 48.0 Å². The van der Waals surface area contributed by atoms with Crippen molar-refractivity contribution in [1.29, 1.82) is 0 Å². The third kappa shape index (κ3) is 2.78. The number of benzene rings is 2. The molecule has 3 N–H and O–H groups in total. The predicted molar refractivity (Wildman–Crippen MR) is 77.8 cm³/mol. The Labute approximate surface area is 117 Å². The van der Waals surface area contributed by atoms with Gasteiger partial charge in [0, 0.05) is 12.0 Å². The predicted octanol–water partition coefficient (Wildman–Crippen LogP) is 1.45. The van der Waals surface area contributed by atoms with Crippen LogP contribution in [0.5, 0.6) is 0 Å². The van der Waals surface area contributed by atoms with Gasteiger partial charge in [-0.15, -0.1) is 12.3 Å². The molecular weight excluding hydrogens is 252 g/mol. The molecule has 1 atom stereocenters. The highest BCUT2D eigenvalue weighted by Gasteiger charge is 2.18. The van der Waals surface area contributed by atoms with Gasteiger partial charge in [-0.1, -0.05) is 36.4 Å². The largest absolute Gasteiger partial charge is 0.368 e. The lowest BCUT2D eigenvalue weighted by Gasteiger charge is -2.13.